The molecule has 2 heterocycles. The first-order valence-electron chi connectivity index (χ1n) is 5.38. The van der Waals surface area contributed by atoms with Crippen molar-refractivity contribution in [2.45, 2.75) is 26.2 Å². The molecular formula is C11H14O6. The normalized spacial score (nSPS) is 31.0. The predicted molar refractivity (Wildman–Crippen MR) is 54.6 cm³/mol. The van der Waals surface area contributed by atoms with Crippen LogP contribution >= 0.6 is 0 Å². The van der Waals surface area contributed by atoms with Gasteiger partial charge in [-0.25, -0.2) is 9.59 Å². The highest BCUT2D eigenvalue weighted by Gasteiger charge is 2.55. The molecule has 2 aliphatic heterocycles. The van der Waals surface area contributed by atoms with Crippen molar-refractivity contribution in [1.82, 2.24) is 0 Å². The molecule has 6 nitrogen and oxygen atoms in total. The number of allylic oxidation sites excluding steroid dienone is 1. The molecule has 3 atom stereocenters. The number of rotatable bonds is 3. The second kappa shape index (κ2) is 4.37. The van der Waals surface area contributed by atoms with E-state index < -0.39 is 30.3 Å². The summed E-state index contributed by atoms with van der Waals surface area (Å²) in [4.78, 5) is 23.3. The van der Waals surface area contributed by atoms with Crippen LogP contribution in [-0.4, -0.2) is 38.0 Å². The van der Waals surface area contributed by atoms with Crippen molar-refractivity contribution in [2.24, 2.45) is 5.92 Å². The number of carbonyl (C=O) groups excluding carboxylic acids is 2. The maximum Gasteiger partial charge on any atom is 0.350 e. The maximum absolute atomic E-state index is 11.8. The zero-order valence-corrected chi connectivity index (χ0v) is 9.89. The number of ether oxygens (including phenoxy) is 4. The van der Waals surface area contributed by atoms with Crippen LogP contribution in [0.25, 0.3) is 0 Å². The molecule has 1 fully saturated rings. The highest BCUT2D eigenvalue weighted by Crippen LogP contribution is 2.40. The predicted octanol–water partition coefficient (Wildman–Crippen LogP) is 0.368. The molecule has 0 amide bonds. The largest absolute Gasteiger partial charge is 0.482 e. The topological polar surface area (TPSA) is 71.1 Å². The van der Waals surface area contributed by atoms with Gasteiger partial charge in [-0.05, 0) is 13.8 Å². The quantitative estimate of drug-likeness (QED) is 0.666. The molecule has 0 aromatic carbocycles. The lowest BCUT2D eigenvalue weighted by atomic mass is 9.96. The van der Waals surface area contributed by atoms with Crippen LogP contribution in [0, 0.1) is 5.92 Å². The Kier molecular flexibility index (Phi) is 3.06. The Balaban J connectivity index is 2.28. The molecule has 0 N–H and O–H groups in total. The molecule has 0 aliphatic carbocycles. The Hall–Kier alpha value is -1.56. The zero-order chi connectivity index (χ0) is 12.6. The third-order valence-electron chi connectivity index (χ3n) is 2.83. The molecule has 94 valence electrons. The van der Waals surface area contributed by atoms with Crippen molar-refractivity contribution in [3.63, 3.8) is 0 Å². The fourth-order valence-electron chi connectivity index (χ4n) is 2.13. The number of hydrogen-bond acceptors (Lipinski definition) is 6. The minimum Gasteiger partial charge on any atom is -0.482 e. The smallest absolute Gasteiger partial charge is 0.350 e. The van der Waals surface area contributed by atoms with E-state index in [9.17, 15) is 9.59 Å². The molecule has 0 unspecified atom stereocenters. The number of cyclic esters (lactones) is 1. The Bertz CT molecular complexity index is 385. The maximum atomic E-state index is 11.8. The van der Waals surface area contributed by atoms with E-state index in [1.165, 1.54) is 7.11 Å². The summed E-state index contributed by atoms with van der Waals surface area (Å²) in [6.45, 7) is 3.61. The molecule has 2 aliphatic rings. The van der Waals surface area contributed by atoms with Crippen LogP contribution in [0.1, 0.15) is 13.8 Å². The van der Waals surface area contributed by atoms with Crippen LogP contribution in [0.2, 0.25) is 0 Å². The van der Waals surface area contributed by atoms with Crippen LogP contribution in [-0.2, 0) is 28.5 Å². The number of fused-ring (bicyclic) bond motifs is 1. The molecule has 0 saturated carbocycles. The fraction of sp³-hybridized carbons (Fsp3) is 0.636. The van der Waals surface area contributed by atoms with Gasteiger partial charge in [0.15, 0.2) is 0 Å². The van der Waals surface area contributed by atoms with E-state index in [1.807, 2.05) is 0 Å². The summed E-state index contributed by atoms with van der Waals surface area (Å²) in [5.74, 6) is -1.14. The highest BCUT2D eigenvalue weighted by atomic mass is 16.7. The minimum absolute atomic E-state index is 0.263. The Morgan fingerprint density at radius 3 is 2.71 bits per heavy atom. The first kappa shape index (κ1) is 11.9. The van der Waals surface area contributed by atoms with Gasteiger partial charge in [-0.2, -0.15) is 0 Å². The van der Waals surface area contributed by atoms with Crippen molar-refractivity contribution in [2.75, 3.05) is 13.7 Å². The molecule has 17 heavy (non-hydrogen) atoms. The van der Waals surface area contributed by atoms with Gasteiger partial charge in [0, 0.05) is 7.11 Å². The molecule has 2 rings (SSSR count). The molecule has 1 saturated heterocycles. The number of esters is 2. The molecule has 0 spiro atoms. The molecule has 0 radical (unpaired) electrons. The van der Waals surface area contributed by atoms with Crippen molar-refractivity contribution >= 4 is 11.9 Å². The van der Waals surface area contributed by atoms with E-state index >= 15 is 0 Å². The fourth-order valence-corrected chi connectivity index (χ4v) is 2.13. The molecular weight excluding hydrogens is 228 g/mol. The summed E-state index contributed by atoms with van der Waals surface area (Å²) < 4.78 is 20.3. The number of carbonyl (C=O) groups is 2. The Morgan fingerprint density at radius 2 is 2.12 bits per heavy atom. The lowest BCUT2D eigenvalue weighted by Gasteiger charge is -2.15. The van der Waals surface area contributed by atoms with Gasteiger partial charge in [0.1, 0.15) is 11.7 Å². The molecule has 0 bridgehead atoms. The van der Waals surface area contributed by atoms with Crippen molar-refractivity contribution in [3.05, 3.63) is 11.3 Å². The summed E-state index contributed by atoms with van der Waals surface area (Å²) in [5.41, 5.74) is 0.328. The van der Waals surface area contributed by atoms with Gasteiger partial charge in [-0.15, -0.1) is 0 Å². The standard InChI is InChI=1S/C11H14O6/c1-4-15-9(12)6-5(2)16-8-7(6)11(14-3)17-10(8)13/h7-8,11H,4H2,1-3H3/t7-,8+,11-/m1/s1. The zero-order valence-electron chi connectivity index (χ0n) is 9.89. The van der Waals surface area contributed by atoms with Gasteiger partial charge in [0.2, 0.25) is 12.4 Å². The monoisotopic (exact) mass is 242 g/mol. The van der Waals surface area contributed by atoms with E-state index in [0.717, 1.165) is 0 Å². The summed E-state index contributed by atoms with van der Waals surface area (Å²) in [7, 11) is 1.41. The van der Waals surface area contributed by atoms with Gasteiger partial charge >= 0.3 is 11.9 Å². The van der Waals surface area contributed by atoms with Crippen molar-refractivity contribution < 1.29 is 28.5 Å². The lowest BCUT2D eigenvalue weighted by molar-refractivity contribution is -0.164. The van der Waals surface area contributed by atoms with Gasteiger partial charge < -0.3 is 18.9 Å². The summed E-state index contributed by atoms with van der Waals surface area (Å²) in [6.07, 6.45) is -1.58. The Morgan fingerprint density at radius 1 is 1.41 bits per heavy atom. The minimum atomic E-state index is -0.792. The van der Waals surface area contributed by atoms with Gasteiger partial charge in [-0.1, -0.05) is 0 Å². The van der Waals surface area contributed by atoms with Crippen LogP contribution < -0.4 is 0 Å². The molecule has 0 aromatic heterocycles. The van der Waals surface area contributed by atoms with E-state index in [-0.39, 0.29) is 6.61 Å². The first-order valence-corrected chi connectivity index (χ1v) is 5.38. The van der Waals surface area contributed by atoms with Crippen molar-refractivity contribution in [3.8, 4) is 0 Å². The van der Waals surface area contributed by atoms with Crippen LogP contribution in [0.15, 0.2) is 11.3 Å². The van der Waals surface area contributed by atoms with E-state index in [2.05, 4.69) is 0 Å². The first-order chi connectivity index (χ1) is 8.10. The average molecular weight is 242 g/mol. The number of methoxy groups -OCH3 is 1. The van der Waals surface area contributed by atoms with Crippen LogP contribution in [0.3, 0.4) is 0 Å². The second-order valence-corrected chi connectivity index (χ2v) is 3.80. The highest BCUT2D eigenvalue weighted by molar-refractivity contribution is 5.93. The SMILES string of the molecule is CCOC(=O)C1=C(C)O[C@@H]2C(=O)O[C@@H](OC)[C@H]12. The van der Waals surface area contributed by atoms with E-state index in [4.69, 9.17) is 18.9 Å². The van der Waals surface area contributed by atoms with Gasteiger partial charge in [0.25, 0.3) is 0 Å². The van der Waals surface area contributed by atoms with Crippen LogP contribution in [0.5, 0.6) is 0 Å². The summed E-state index contributed by atoms with van der Waals surface area (Å²) >= 11 is 0. The summed E-state index contributed by atoms with van der Waals surface area (Å²) in [6, 6.07) is 0. The van der Waals surface area contributed by atoms with Crippen molar-refractivity contribution in [1.29, 1.82) is 0 Å². The van der Waals surface area contributed by atoms with E-state index in [0.29, 0.717) is 11.3 Å². The molecule has 6 heteroatoms. The second-order valence-electron chi connectivity index (χ2n) is 3.80. The Labute approximate surface area is 98.5 Å². The van der Waals surface area contributed by atoms with Gasteiger partial charge in [-0.3, -0.25) is 0 Å². The van der Waals surface area contributed by atoms with Crippen LogP contribution in [0.4, 0.5) is 0 Å². The average Bonchev–Trinajstić information content (AvgIpc) is 2.76. The van der Waals surface area contributed by atoms with E-state index in [1.54, 1.807) is 13.8 Å². The molecule has 0 aromatic rings. The summed E-state index contributed by atoms with van der Waals surface area (Å²) in [5, 5.41) is 0. The third-order valence-corrected chi connectivity index (χ3v) is 2.83. The third kappa shape index (κ3) is 1.78. The lowest BCUT2D eigenvalue weighted by Crippen LogP contribution is -2.28. The number of hydrogen-bond donors (Lipinski definition) is 0. The van der Waals surface area contributed by atoms with Gasteiger partial charge in [0.05, 0.1) is 12.2 Å².